The second-order valence-corrected chi connectivity index (χ2v) is 5.12. The van der Waals surface area contributed by atoms with E-state index in [1.165, 1.54) is 9.75 Å². The van der Waals surface area contributed by atoms with Crippen LogP contribution in [0.25, 0.3) is 0 Å². The number of aryl methyl sites for hydroxylation is 1. The predicted molar refractivity (Wildman–Crippen MR) is 63.0 cm³/mol. The van der Waals surface area contributed by atoms with E-state index in [0.717, 1.165) is 12.2 Å². The number of aromatic nitrogens is 2. The fourth-order valence-electron chi connectivity index (χ4n) is 1.58. The molecule has 2 aromatic rings. The summed E-state index contributed by atoms with van der Waals surface area (Å²) in [6.45, 7) is 4.97. The molecule has 2 N–H and O–H groups in total. The molecule has 0 unspecified atom stereocenters. The topological polar surface area (TPSA) is 43.8 Å². The van der Waals surface area contributed by atoms with Gasteiger partial charge < -0.3 is 10.3 Å². The highest BCUT2D eigenvalue weighted by Crippen LogP contribution is 2.18. The van der Waals surface area contributed by atoms with Gasteiger partial charge in [-0.25, -0.2) is 4.98 Å². The minimum Gasteiger partial charge on any atom is -0.328 e. The van der Waals surface area contributed by atoms with Crippen LogP contribution in [-0.4, -0.2) is 9.55 Å². The molecule has 0 fully saturated rings. The Morgan fingerprint density at radius 2 is 2.33 bits per heavy atom. The van der Waals surface area contributed by atoms with Crippen LogP contribution in [0.3, 0.4) is 0 Å². The van der Waals surface area contributed by atoms with Crippen LogP contribution in [0, 0.1) is 6.92 Å². The third kappa shape index (κ3) is 2.27. The molecule has 2 aromatic heterocycles. The first-order valence-electron chi connectivity index (χ1n) is 4.97. The van der Waals surface area contributed by atoms with Gasteiger partial charge in [-0.1, -0.05) is 0 Å². The Balaban J connectivity index is 2.20. The number of nitrogens with zero attached hydrogens (tertiary/aromatic N) is 2. The first kappa shape index (κ1) is 10.4. The van der Waals surface area contributed by atoms with Crippen LogP contribution in [0.4, 0.5) is 0 Å². The van der Waals surface area contributed by atoms with Gasteiger partial charge in [0.25, 0.3) is 0 Å². The van der Waals surface area contributed by atoms with Crippen LogP contribution in [0.5, 0.6) is 0 Å². The molecular formula is C11H15N3S. The zero-order chi connectivity index (χ0) is 10.8. The number of hydrogen-bond donors (Lipinski definition) is 1. The summed E-state index contributed by atoms with van der Waals surface area (Å²) in [5.41, 5.74) is 6.94. The van der Waals surface area contributed by atoms with Crippen molar-refractivity contribution in [2.75, 3.05) is 0 Å². The van der Waals surface area contributed by atoms with Gasteiger partial charge >= 0.3 is 0 Å². The maximum Gasteiger partial charge on any atom is 0.0952 e. The lowest BCUT2D eigenvalue weighted by Gasteiger charge is -2.09. The third-order valence-electron chi connectivity index (χ3n) is 2.33. The van der Waals surface area contributed by atoms with E-state index in [-0.39, 0.29) is 6.04 Å². The van der Waals surface area contributed by atoms with E-state index in [4.69, 9.17) is 5.73 Å². The summed E-state index contributed by atoms with van der Waals surface area (Å²) >= 11 is 1.82. The average Bonchev–Trinajstić information content (AvgIpc) is 2.75. The van der Waals surface area contributed by atoms with Gasteiger partial charge in [-0.3, -0.25) is 0 Å². The largest absolute Gasteiger partial charge is 0.328 e. The Hall–Kier alpha value is -1.13. The van der Waals surface area contributed by atoms with Crippen LogP contribution in [0.15, 0.2) is 24.7 Å². The second-order valence-electron chi connectivity index (χ2n) is 3.75. The highest BCUT2D eigenvalue weighted by atomic mass is 32.1. The summed E-state index contributed by atoms with van der Waals surface area (Å²) in [6, 6.07) is 4.33. The zero-order valence-corrected chi connectivity index (χ0v) is 9.79. The highest BCUT2D eigenvalue weighted by Gasteiger charge is 2.07. The smallest absolute Gasteiger partial charge is 0.0952 e. The average molecular weight is 221 g/mol. The van der Waals surface area contributed by atoms with Crippen molar-refractivity contribution < 1.29 is 0 Å². The molecule has 0 aliphatic rings. The van der Waals surface area contributed by atoms with Gasteiger partial charge in [-0.05, 0) is 26.0 Å². The van der Waals surface area contributed by atoms with Crippen molar-refractivity contribution in [2.45, 2.75) is 26.4 Å². The fraction of sp³-hybridized carbons (Fsp3) is 0.364. The van der Waals surface area contributed by atoms with E-state index in [1.807, 2.05) is 30.8 Å². The molecule has 1 atom stereocenters. The molecule has 2 heterocycles. The molecule has 0 saturated carbocycles. The van der Waals surface area contributed by atoms with E-state index in [0.29, 0.717) is 0 Å². The molecule has 0 aliphatic heterocycles. The van der Waals surface area contributed by atoms with Gasteiger partial charge in [-0.15, -0.1) is 11.3 Å². The van der Waals surface area contributed by atoms with Crippen molar-refractivity contribution in [1.29, 1.82) is 0 Å². The van der Waals surface area contributed by atoms with Crippen LogP contribution >= 0.6 is 11.3 Å². The maximum absolute atomic E-state index is 5.86. The summed E-state index contributed by atoms with van der Waals surface area (Å²) < 4.78 is 2.11. The quantitative estimate of drug-likeness (QED) is 0.864. The standard InChI is InChI=1S/C11H15N3S/c1-8-3-4-10(15-8)6-14-7-13-5-11(14)9(2)12/h3-5,7,9H,6,12H2,1-2H3/t9-/m0/s1. The summed E-state index contributed by atoms with van der Waals surface area (Å²) in [7, 11) is 0. The second kappa shape index (κ2) is 4.16. The minimum atomic E-state index is 0.0357. The van der Waals surface area contributed by atoms with Gasteiger partial charge in [0.15, 0.2) is 0 Å². The van der Waals surface area contributed by atoms with Gasteiger partial charge in [0.05, 0.1) is 18.6 Å². The Bertz CT molecular complexity index is 442. The third-order valence-corrected chi connectivity index (χ3v) is 3.32. The van der Waals surface area contributed by atoms with E-state index in [1.54, 1.807) is 0 Å². The van der Waals surface area contributed by atoms with Crippen LogP contribution in [0.1, 0.15) is 28.4 Å². The Kier molecular flexibility index (Phi) is 2.88. The van der Waals surface area contributed by atoms with Crippen LogP contribution in [0.2, 0.25) is 0 Å². The molecule has 80 valence electrons. The lowest BCUT2D eigenvalue weighted by Crippen LogP contribution is -2.11. The molecule has 3 nitrogen and oxygen atoms in total. The summed E-state index contributed by atoms with van der Waals surface area (Å²) in [4.78, 5) is 6.81. The predicted octanol–water partition coefficient (Wildman–Crippen LogP) is 2.32. The first-order chi connectivity index (χ1) is 7.16. The van der Waals surface area contributed by atoms with Crippen molar-refractivity contribution in [2.24, 2.45) is 5.73 Å². The van der Waals surface area contributed by atoms with Crippen molar-refractivity contribution in [3.05, 3.63) is 40.1 Å². The number of nitrogens with two attached hydrogens (primary N) is 1. The van der Waals surface area contributed by atoms with E-state index >= 15 is 0 Å². The Labute approximate surface area is 93.6 Å². The van der Waals surface area contributed by atoms with E-state index in [2.05, 4.69) is 28.6 Å². The lowest BCUT2D eigenvalue weighted by atomic mass is 10.2. The van der Waals surface area contributed by atoms with Gasteiger partial charge in [0.2, 0.25) is 0 Å². The number of hydrogen-bond acceptors (Lipinski definition) is 3. The number of rotatable bonds is 3. The molecule has 0 aliphatic carbocycles. The molecular weight excluding hydrogens is 206 g/mol. The normalized spacial score (nSPS) is 13.0. The van der Waals surface area contributed by atoms with E-state index < -0.39 is 0 Å². The van der Waals surface area contributed by atoms with Crippen molar-refractivity contribution >= 4 is 11.3 Å². The van der Waals surface area contributed by atoms with E-state index in [9.17, 15) is 0 Å². The molecule has 0 radical (unpaired) electrons. The monoisotopic (exact) mass is 221 g/mol. The molecule has 0 bridgehead atoms. The SMILES string of the molecule is Cc1ccc(Cn2cncc2[C@H](C)N)s1. The fourth-order valence-corrected chi connectivity index (χ4v) is 2.47. The lowest BCUT2D eigenvalue weighted by molar-refractivity contribution is 0.679. The van der Waals surface area contributed by atoms with Crippen molar-refractivity contribution in [1.82, 2.24) is 9.55 Å². The number of imidazole rings is 1. The van der Waals surface area contributed by atoms with Crippen molar-refractivity contribution in [3.8, 4) is 0 Å². The van der Waals surface area contributed by atoms with Gasteiger partial charge in [0, 0.05) is 22.0 Å². The highest BCUT2D eigenvalue weighted by molar-refractivity contribution is 7.11. The minimum absolute atomic E-state index is 0.0357. The molecule has 2 rings (SSSR count). The molecule has 0 amide bonds. The van der Waals surface area contributed by atoms with Crippen LogP contribution < -0.4 is 5.73 Å². The molecule has 4 heteroatoms. The molecule has 0 spiro atoms. The number of thiophene rings is 1. The zero-order valence-electron chi connectivity index (χ0n) is 8.97. The molecule has 15 heavy (non-hydrogen) atoms. The summed E-state index contributed by atoms with van der Waals surface area (Å²) in [5.74, 6) is 0. The first-order valence-corrected chi connectivity index (χ1v) is 5.79. The maximum atomic E-state index is 5.86. The Morgan fingerprint density at radius 3 is 2.93 bits per heavy atom. The molecule has 0 saturated heterocycles. The summed E-state index contributed by atoms with van der Waals surface area (Å²) in [5, 5.41) is 0. The van der Waals surface area contributed by atoms with Gasteiger partial charge in [0.1, 0.15) is 0 Å². The summed E-state index contributed by atoms with van der Waals surface area (Å²) in [6.07, 6.45) is 3.68. The molecule has 0 aromatic carbocycles. The van der Waals surface area contributed by atoms with Crippen molar-refractivity contribution in [3.63, 3.8) is 0 Å². The van der Waals surface area contributed by atoms with Gasteiger partial charge in [-0.2, -0.15) is 0 Å². The van der Waals surface area contributed by atoms with Crippen LogP contribution in [-0.2, 0) is 6.54 Å². The Morgan fingerprint density at radius 1 is 1.53 bits per heavy atom.